The molecule has 1 aromatic heterocycles. The Bertz CT molecular complexity index is 840. The Morgan fingerprint density at radius 2 is 1.27 bits per heavy atom. The van der Waals surface area contributed by atoms with Crippen LogP contribution in [-0.4, -0.2) is 16.2 Å². The van der Waals surface area contributed by atoms with E-state index in [0.717, 1.165) is 23.8 Å². The quantitative estimate of drug-likeness (QED) is 0.195. The van der Waals surface area contributed by atoms with Gasteiger partial charge in [-0.05, 0) is 31.0 Å². The number of carbonyl (C=O) groups is 1. The first-order chi connectivity index (χ1) is 15.9. The van der Waals surface area contributed by atoms with Crippen LogP contribution in [-0.2, 0) is 4.79 Å². The van der Waals surface area contributed by atoms with Gasteiger partial charge in [-0.25, -0.2) is 4.79 Å². The maximum atomic E-state index is 11.0. The lowest BCUT2D eigenvalue weighted by Crippen LogP contribution is -1.97. The van der Waals surface area contributed by atoms with Crippen LogP contribution in [0.4, 0.5) is 0 Å². The smallest absolute Gasteiger partial charge is 0.336 e. The van der Waals surface area contributed by atoms with Crippen molar-refractivity contribution in [1.29, 1.82) is 0 Å². The van der Waals surface area contributed by atoms with Gasteiger partial charge in [-0.3, -0.25) is 4.79 Å². The lowest BCUT2D eigenvalue weighted by atomic mass is 10.0. The van der Waals surface area contributed by atoms with E-state index in [1.165, 1.54) is 95.6 Å². The average Bonchev–Trinajstić information content (AvgIpc) is 2.76. The standard InChI is InChI=1S/C18H36O2.C10H8O3/c1-2-3-4-5-6-7-8-9-10-11-12-13-14-15-16-17-18(19)20;1-6-4-10(12)13-9-5-7(11)2-3-8(6)9/h2-17H2,1H3,(H,19,20);2-5,11H,1H3. The molecule has 0 saturated carbocycles. The van der Waals surface area contributed by atoms with Gasteiger partial charge in [0, 0.05) is 23.9 Å². The highest BCUT2D eigenvalue weighted by Crippen LogP contribution is 2.20. The Labute approximate surface area is 199 Å². The van der Waals surface area contributed by atoms with E-state index < -0.39 is 11.6 Å². The molecule has 0 amide bonds. The summed E-state index contributed by atoms with van der Waals surface area (Å²) >= 11 is 0. The van der Waals surface area contributed by atoms with Crippen LogP contribution >= 0.6 is 0 Å². The molecule has 0 spiro atoms. The molecule has 0 atom stereocenters. The first-order valence-corrected chi connectivity index (χ1v) is 12.9. The number of carboxylic acid groups (broad SMARTS) is 1. The highest BCUT2D eigenvalue weighted by molar-refractivity contribution is 5.81. The summed E-state index contributed by atoms with van der Waals surface area (Å²) < 4.78 is 4.91. The summed E-state index contributed by atoms with van der Waals surface area (Å²) in [6.45, 7) is 4.10. The van der Waals surface area contributed by atoms with Crippen LogP contribution in [0.25, 0.3) is 11.0 Å². The Morgan fingerprint density at radius 3 is 1.76 bits per heavy atom. The molecule has 2 N–H and O–H groups in total. The van der Waals surface area contributed by atoms with E-state index in [2.05, 4.69) is 6.92 Å². The lowest BCUT2D eigenvalue weighted by Gasteiger charge is -2.03. The van der Waals surface area contributed by atoms with E-state index in [9.17, 15) is 9.59 Å². The van der Waals surface area contributed by atoms with Gasteiger partial charge in [-0.15, -0.1) is 0 Å². The Hall–Kier alpha value is -2.30. The first kappa shape index (κ1) is 28.7. The van der Waals surface area contributed by atoms with E-state index in [1.54, 1.807) is 12.1 Å². The normalized spacial score (nSPS) is 10.7. The van der Waals surface area contributed by atoms with Crippen LogP contribution in [0.3, 0.4) is 0 Å². The molecule has 0 bridgehead atoms. The fourth-order valence-electron chi connectivity index (χ4n) is 3.96. The van der Waals surface area contributed by atoms with Crippen molar-refractivity contribution in [2.75, 3.05) is 0 Å². The summed E-state index contributed by atoms with van der Waals surface area (Å²) in [4.78, 5) is 21.3. The van der Waals surface area contributed by atoms with Crippen molar-refractivity contribution >= 4 is 16.9 Å². The highest BCUT2D eigenvalue weighted by atomic mass is 16.4. The third-order valence-corrected chi connectivity index (χ3v) is 5.93. The number of aromatic hydroxyl groups is 1. The Balaban J connectivity index is 0.000000357. The molecule has 186 valence electrons. The number of fused-ring (bicyclic) bond motifs is 1. The maximum Gasteiger partial charge on any atom is 0.336 e. The van der Waals surface area contributed by atoms with Crippen molar-refractivity contribution in [1.82, 2.24) is 0 Å². The minimum absolute atomic E-state index is 0.0984. The average molecular weight is 461 g/mol. The molecule has 1 aromatic carbocycles. The number of unbranched alkanes of at least 4 members (excludes halogenated alkanes) is 14. The van der Waals surface area contributed by atoms with Gasteiger partial charge in [0.15, 0.2) is 0 Å². The lowest BCUT2D eigenvalue weighted by molar-refractivity contribution is -0.137. The molecule has 0 aliphatic heterocycles. The van der Waals surface area contributed by atoms with Gasteiger partial charge in [0.25, 0.3) is 0 Å². The number of hydrogen-bond donors (Lipinski definition) is 2. The van der Waals surface area contributed by atoms with Crippen molar-refractivity contribution in [3.05, 3.63) is 40.2 Å². The second kappa shape index (κ2) is 18.2. The van der Waals surface area contributed by atoms with Crippen LogP contribution in [0.2, 0.25) is 0 Å². The molecule has 2 aromatic rings. The van der Waals surface area contributed by atoms with Crippen LogP contribution in [0.15, 0.2) is 33.5 Å². The number of aliphatic carboxylic acids is 1. The second-order valence-electron chi connectivity index (χ2n) is 9.02. The third-order valence-electron chi connectivity index (χ3n) is 5.93. The molecule has 0 fully saturated rings. The summed E-state index contributed by atoms with van der Waals surface area (Å²) in [5.74, 6) is -0.555. The maximum absolute atomic E-state index is 11.0. The molecule has 0 aliphatic rings. The first-order valence-electron chi connectivity index (χ1n) is 12.9. The number of hydrogen-bond acceptors (Lipinski definition) is 4. The van der Waals surface area contributed by atoms with Gasteiger partial charge < -0.3 is 14.6 Å². The van der Waals surface area contributed by atoms with Crippen molar-refractivity contribution in [3.63, 3.8) is 0 Å². The minimum atomic E-state index is -0.653. The second-order valence-corrected chi connectivity index (χ2v) is 9.02. The van der Waals surface area contributed by atoms with Crippen LogP contribution < -0.4 is 5.63 Å². The molecule has 33 heavy (non-hydrogen) atoms. The van der Waals surface area contributed by atoms with Crippen molar-refractivity contribution in [2.45, 2.75) is 117 Å². The summed E-state index contributed by atoms with van der Waals surface area (Å²) in [5.41, 5.74) is 0.881. The van der Waals surface area contributed by atoms with Gasteiger partial charge >= 0.3 is 11.6 Å². The highest BCUT2D eigenvalue weighted by Gasteiger charge is 2.02. The molecule has 0 unspecified atom stereocenters. The summed E-state index contributed by atoms with van der Waals surface area (Å²) in [5, 5.41) is 18.5. The van der Waals surface area contributed by atoms with E-state index >= 15 is 0 Å². The zero-order valence-corrected chi connectivity index (χ0v) is 20.7. The van der Waals surface area contributed by atoms with E-state index in [4.69, 9.17) is 14.6 Å². The van der Waals surface area contributed by atoms with Gasteiger partial charge in [-0.1, -0.05) is 96.8 Å². The molecule has 0 aliphatic carbocycles. The Kier molecular flexibility index (Phi) is 15.8. The molecule has 2 rings (SSSR count). The summed E-state index contributed by atoms with van der Waals surface area (Å²) in [6.07, 6.45) is 20.2. The number of rotatable bonds is 16. The monoisotopic (exact) mass is 460 g/mol. The largest absolute Gasteiger partial charge is 0.508 e. The van der Waals surface area contributed by atoms with E-state index in [-0.39, 0.29) is 5.75 Å². The molecule has 5 heteroatoms. The van der Waals surface area contributed by atoms with Crippen molar-refractivity contribution in [2.24, 2.45) is 0 Å². The van der Waals surface area contributed by atoms with Crippen molar-refractivity contribution in [3.8, 4) is 5.75 Å². The van der Waals surface area contributed by atoms with Gasteiger partial charge in [0.2, 0.25) is 0 Å². The number of aryl methyl sites for hydroxylation is 1. The Morgan fingerprint density at radius 1 is 0.788 bits per heavy atom. The molecular formula is C28H44O5. The summed E-state index contributed by atoms with van der Waals surface area (Å²) in [7, 11) is 0. The fourth-order valence-corrected chi connectivity index (χ4v) is 3.96. The SMILES string of the molecule is CCCCCCCCCCCCCCCCCC(=O)O.Cc1cc(=O)oc2cc(O)ccc12. The number of phenols is 1. The molecule has 1 heterocycles. The van der Waals surface area contributed by atoms with E-state index in [0.29, 0.717) is 12.0 Å². The topological polar surface area (TPSA) is 87.7 Å². The van der Waals surface area contributed by atoms with Crippen LogP contribution in [0.5, 0.6) is 5.75 Å². The third kappa shape index (κ3) is 14.5. The van der Waals surface area contributed by atoms with Gasteiger partial charge in [0.05, 0.1) is 0 Å². The van der Waals surface area contributed by atoms with Gasteiger partial charge in [0.1, 0.15) is 11.3 Å². The molecular weight excluding hydrogens is 416 g/mol. The fraction of sp³-hybridized carbons (Fsp3) is 0.643. The predicted octanol–water partition coefficient (Wildman–Crippen LogP) is 8.14. The molecule has 5 nitrogen and oxygen atoms in total. The zero-order chi connectivity index (χ0) is 24.3. The van der Waals surface area contributed by atoms with E-state index in [1.807, 2.05) is 6.92 Å². The van der Waals surface area contributed by atoms with Crippen LogP contribution in [0, 0.1) is 6.92 Å². The van der Waals surface area contributed by atoms with Crippen molar-refractivity contribution < 1.29 is 19.4 Å². The number of carboxylic acids is 1. The molecule has 0 radical (unpaired) electrons. The number of benzene rings is 1. The zero-order valence-electron chi connectivity index (χ0n) is 20.7. The molecule has 0 saturated heterocycles. The summed E-state index contributed by atoms with van der Waals surface area (Å²) in [6, 6.07) is 6.15. The minimum Gasteiger partial charge on any atom is -0.508 e. The predicted molar refractivity (Wildman–Crippen MR) is 136 cm³/mol. The van der Waals surface area contributed by atoms with Gasteiger partial charge in [-0.2, -0.15) is 0 Å². The number of phenolic OH excluding ortho intramolecular Hbond substituents is 1. The van der Waals surface area contributed by atoms with Crippen LogP contribution in [0.1, 0.15) is 115 Å².